The number of hydrogen-bond acceptors (Lipinski definition) is 5. The van der Waals surface area contributed by atoms with Crippen molar-refractivity contribution >= 4 is 11.8 Å². The molecule has 1 rings (SSSR count). The molecule has 1 aromatic rings. The maximum atomic E-state index is 11.1. The Hall–Kier alpha value is -1.78. The molecule has 0 fully saturated rings. The van der Waals surface area contributed by atoms with E-state index in [-0.39, 0.29) is 12.1 Å². The van der Waals surface area contributed by atoms with E-state index < -0.39 is 0 Å². The molecule has 5 heteroatoms. The molecule has 0 N–H and O–H groups in total. The molecule has 0 atom stereocenters. The first-order valence-corrected chi connectivity index (χ1v) is 5.94. The zero-order chi connectivity index (χ0) is 13.5. The van der Waals surface area contributed by atoms with Crippen molar-refractivity contribution in [3.05, 3.63) is 18.3 Å². The number of aromatic nitrogens is 1. The highest BCUT2D eigenvalue weighted by Gasteiger charge is 2.12. The van der Waals surface area contributed by atoms with Crippen LogP contribution in [-0.2, 0) is 9.53 Å². The number of pyridine rings is 1. The van der Waals surface area contributed by atoms with Crippen LogP contribution in [0.2, 0.25) is 0 Å². The number of esters is 1. The van der Waals surface area contributed by atoms with Crippen molar-refractivity contribution in [2.24, 2.45) is 0 Å². The molecule has 0 aliphatic heterocycles. The lowest BCUT2D eigenvalue weighted by Crippen LogP contribution is -2.23. The first-order valence-electron chi connectivity index (χ1n) is 5.94. The smallest absolute Gasteiger partial charge is 0.307 e. The summed E-state index contributed by atoms with van der Waals surface area (Å²) in [6.07, 6.45) is 2.11. The fourth-order valence-electron chi connectivity index (χ4n) is 1.48. The van der Waals surface area contributed by atoms with Crippen LogP contribution in [0.25, 0.3) is 0 Å². The van der Waals surface area contributed by atoms with Crippen LogP contribution in [0.5, 0.6) is 5.75 Å². The third-order valence-electron chi connectivity index (χ3n) is 2.35. The van der Waals surface area contributed by atoms with E-state index in [9.17, 15) is 4.79 Å². The number of anilines is 1. The highest BCUT2D eigenvalue weighted by Crippen LogP contribution is 2.25. The highest BCUT2D eigenvalue weighted by molar-refractivity contribution is 5.70. The molecule has 0 amide bonds. The van der Waals surface area contributed by atoms with Crippen molar-refractivity contribution in [1.29, 1.82) is 0 Å². The molecule has 0 bridgehead atoms. The summed E-state index contributed by atoms with van der Waals surface area (Å²) in [6.45, 7) is 4.47. The van der Waals surface area contributed by atoms with Crippen LogP contribution in [0.3, 0.4) is 0 Å². The van der Waals surface area contributed by atoms with E-state index in [0.717, 1.165) is 11.6 Å². The molecule has 0 aliphatic carbocycles. The van der Waals surface area contributed by atoms with Gasteiger partial charge in [-0.2, -0.15) is 0 Å². The normalized spacial score (nSPS) is 10.3. The second kappa shape index (κ2) is 6.83. The van der Waals surface area contributed by atoms with Gasteiger partial charge in [-0.15, -0.1) is 0 Å². The molecule has 0 saturated heterocycles. The first kappa shape index (κ1) is 14.3. The second-order valence-corrected chi connectivity index (χ2v) is 4.24. The van der Waals surface area contributed by atoms with Gasteiger partial charge in [0.05, 0.1) is 19.6 Å². The number of methoxy groups -OCH3 is 1. The number of ether oxygens (including phenoxy) is 2. The number of carbonyl (C=O) groups excluding carboxylic acids is 1. The average Bonchev–Trinajstić information content (AvgIpc) is 2.35. The number of nitrogens with zero attached hydrogens (tertiary/aromatic N) is 2. The molecule has 0 unspecified atom stereocenters. The van der Waals surface area contributed by atoms with Gasteiger partial charge in [0.2, 0.25) is 0 Å². The lowest BCUT2D eigenvalue weighted by atomic mass is 10.3. The van der Waals surface area contributed by atoms with Gasteiger partial charge in [0.25, 0.3) is 0 Å². The number of hydrogen-bond donors (Lipinski definition) is 0. The van der Waals surface area contributed by atoms with Crippen molar-refractivity contribution in [1.82, 2.24) is 4.98 Å². The number of carbonyl (C=O) groups is 1. The summed E-state index contributed by atoms with van der Waals surface area (Å²) >= 11 is 0. The second-order valence-electron chi connectivity index (χ2n) is 4.24. The Morgan fingerprint density at radius 2 is 2.22 bits per heavy atom. The van der Waals surface area contributed by atoms with Crippen LogP contribution in [0.1, 0.15) is 20.3 Å². The van der Waals surface area contributed by atoms with E-state index in [4.69, 9.17) is 4.74 Å². The van der Waals surface area contributed by atoms with Crippen molar-refractivity contribution in [3.8, 4) is 5.75 Å². The molecule has 100 valence electrons. The van der Waals surface area contributed by atoms with E-state index in [1.54, 1.807) is 6.20 Å². The first-order chi connectivity index (χ1) is 8.54. The van der Waals surface area contributed by atoms with Crippen molar-refractivity contribution < 1.29 is 14.3 Å². The molecule has 0 aromatic carbocycles. The summed E-state index contributed by atoms with van der Waals surface area (Å²) in [4.78, 5) is 17.3. The van der Waals surface area contributed by atoms with Gasteiger partial charge in [-0.1, -0.05) is 0 Å². The lowest BCUT2D eigenvalue weighted by molar-refractivity contribution is -0.140. The number of rotatable bonds is 6. The predicted molar refractivity (Wildman–Crippen MR) is 69.9 cm³/mol. The Balaban J connectivity index is 2.72. The third-order valence-corrected chi connectivity index (χ3v) is 2.35. The third kappa shape index (κ3) is 4.24. The van der Waals surface area contributed by atoms with Gasteiger partial charge in [0.15, 0.2) is 11.6 Å². The van der Waals surface area contributed by atoms with Crippen LogP contribution in [0.4, 0.5) is 5.82 Å². The van der Waals surface area contributed by atoms with E-state index >= 15 is 0 Å². The molecule has 1 aromatic heterocycles. The molecular weight excluding hydrogens is 232 g/mol. The minimum Gasteiger partial charge on any atom is -0.487 e. The molecule has 0 spiro atoms. The van der Waals surface area contributed by atoms with Gasteiger partial charge in [0.1, 0.15) is 0 Å². The van der Waals surface area contributed by atoms with E-state index in [1.807, 2.05) is 37.9 Å². The van der Waals surface area contributed by atoms with Crippen molar-refractivity contribution in [2.45, 2.75) is 26.4 Å². The quantitative estimate of drug-likeness (QED) is 0.723. The van der Waals surface area contributed by atoms with Gasteiger partial charge in [0, 0.05) is 19.8 Å². The van der Waals surface area contributed by atoms with Gasteiger partial charge in [-0.25, -0.2) is 4.98 Å². The van der Waals surface area contributed by atoms with Crippen LogP contribution >= 0.6 is 0 Å². The molecule has 0 aliphatic rings. The Morgan fingerprint density at radius 3 is 2.83 bits per heavy atom. The predicted octanol–water partition coefficient (Wildman–Crippen LogP) is 1.87. The summed E-state index contributed by atoms with van der Waals surface area (Å²) in [6, 6.07) is 3.70. The van der Waals surface area contributed by atoms with Crippen LogP contribution in [-0.4, -0.2) is 37.8 Å². The van der Waals surface area contributed by atoms with E-state index in [1.165, 1.54) is 7.11 Å². The topological polar surface area (TPSA) is 51.7 Å². The average molecular weight is 252 g/mol. The fourth-order valence-corrected chi connectivity index (χ4v) is 1.48. The lowest BCUT2D eigenvalue weighted by Gasteiger charge is -2.21. The Labute approximate surface area is 108 Å². The van der Waals surface area contributed by atoms with Gasteiger partial charge in [-0.05, 0) is 26.0 Å². The van der Waals surface area contributed by atoms with E-state index in [0.29, 0.717) is 13.0 Å². The molecule has 18 heavy (non-hydrogen) atoms. The summed E-state index contributed by atoms with van der Waals surface area (Å²) in [5, 5.41) is 0. The maximum Gasteiger partial charge on any atom is 0.307 e. The molecular formula is C13H20N2O3. The molecule has 0 saturated carbocycles. The van der Waals surface area contributed by atoms with Crippen LogP contribution in [0.15, 0.2) is 18.3 Å². The van der Waals surface area contributed by atoms with E-state index in [2.05, 4.69) is 9.72 Å². The largest absolute Gasteiger partial charge is 0.487 e. The van der Waals surface area contributed by atoms with Crippen LogP contribution < -0.4 is 9.64 Å². The maximum absolute atomic E-state index is 11.1. The Morgan fingerprint density at radius 1 is 1.50 bits per heavy atom. The Bertz CT molecular complexity index is 394. The monoisotopic (exact) mass is 252 g/mol. The fraction of sp³-hybridized carbons (Fsp3) is 0.538. The van der Waals surface area contributed by atoms with Gasteiger partial charge in [-0.3, -0.25) is 4.79 Å². The van der Waals surface area contributed by atoms with Crippen molar-refractivity contribution in [2.75, 3.05) is 25.6 Å². The summed E-state index contributed by atoms with van der Waals surface area (Å²) in [5.41, 5.74) is 0. The van der Waals surface area contributed by atoms with Crippen molar-refractivity contribution in [3.63, 3.8) is 0 Å². The molecule has 0 radical (unpaired) electrons. The molecule has 5 nitrogen and oxygen atoms in total. The summed E-state index contributed by atoms with van der Waals surface area (Å²) < 4.78 is 10.3. The summed E-state index contributed by atoms with van der Waals surface area (Å²) in [5.74, 6) is 1.22. The SMILES string of the molecule is COC(=O)CCN(C)c1ncccc1OC(C)C. The molecule has 1 heterocycles. The van der Waals surface area contributed by atoms with Gasteiger partial charge < -0.3 is 14.4 Å². The van der Waals surface area contributed by atoms with Gasteiger partial charge >= 0.3 is 5.97 Å². The standard InChI is InChI=1S/C13H20N2O3/c1-10(2)18-11-6-5-8-14-13(11)15(3)9-7-12(16)17-4/h5-6,8,10H,7,9H2,1-4H3. The summed E-state index contributed by atoms with van der Waals surface area (Å²) in [7, 11) is 3.26. The Kier molecular flexibility index (Phi) is 5.42. The zero-order valence-corrected chi connectivity index (χ0v) is 11.3. The highest BCUT2D eigenvalue weighted by atomic mass is 16.5. The minimum atomic E-state index is -0.232. The van der Waals surface area contributed by atoms with Crippen LogP contribution in [0, 0.1) is 0 Å². The zero-order valence-electron chi connectivity index (χ0n) is 11.3. The minimum absolute atomic E-state index is 0.0851.